The van der Waals surface area contributed by atoms with E-state index in [0.717, 1.165) is 43.4 Å². The Hall–Kier alpha value is -1.30. The van der Waals surface area contributed by atoms with Gasteiger partial charge in [-0.25, -0.2) is 0 Å². The lowest BCUT2D eigenvalue weighted by molar-refractivity contribution is -0.0233. The molecule has 0 aliphatic carbocycles. The lowest BCUT2D eigenvalue weighted by Gasteiger charge is -2.47. The second kappa shape index (κ2) is 15.1. The van der Waals surface area contributed by atoms with Crippen LogP contribution in [-0.4, -0.2) is 31.3 Å². The minimum absolute atomic E-state index is 0.100. The lowest BCUT2D eigenvalue weighted by atomic mass is 9.81. The Morgan fingerprint density at radius 3 is 1.26 bits per heavy atom. The molecule has 0 spiro atoms. The summed E-state index contributed by atoms with van der Waals surface area (Å²) in [5.41, 5.74) is 4.99. The predicted molar refractivity (Wildman–Crippen MR) is 172 cm³/mol. The van der Waals surface area contributed by atoms with Crippen molar-refractivity contribution >= 4 is 15.2 Å². The monoisotopic (exact) mass is 621 g/mol. The average molecular weight is 622 g/mol. The van der Waals surface area contributed by atoms with Crippen LogP contribution in [0.5, 0.6) is 0 Å². The van der Waals surface area contributed by atoms with Gasteiger partial charge in [0.2, 0.25) is 0 Å². The zero-order chi connectivity index (χ0) is 31.0. The van der Waals surface area contributed by atoms with Crippen molar-refractivity contribution in [1.82, 2.24) is 4.90 Å². The fraction of sp³-hybridized carbons (Fsp3) is 0.636. The zero-order valence-corrected chi connectivity index (χ0v) is 28.9. The lowest BCUT2D eigenvalue weighted by Crippen LogP contribution is -2.49. The maximum atomic E-state index is 13.9. The molecule has 0 saturated heterocycles. The summed E-state index contributed by atoms with van der Waals surface area (Å²) in [4.78, 5) is 2.71. The summed E-state index contributed by atoms with van der Waals surface area (Å²) in [5, 5.41) is 0. The van der Waals surface area contributed by atoms with E-state index in [4.69, 9.17) is 18.1 Å². The first-order valence-corrected chi connectivity index (χ1v) is 19.3. The first-order valence-electron chi connectivity index (χ1n) is 15.8. The number of benzene rings is 2. The molecular formula is C33H53NO6P2. The molecule has 0 bridgehead atoms. The summed E-state index contributed by atoms with van der Waals surface area (Å²) in [5.74, 6) is 0. The number of hydrogen-bond acceptors (Lipinski definition) is 7. The second-order valence-electron chi connectivity index (χ2n) is 10.9. The average Bonchev–Trinajstić information content (AvgIpc) is 3.18. The van der Waals surface area contributed by atoms with Crippen molar-refractivity contribution in [1.29, 1.82) is 0 Å². The molecule has 3 rings (SSSR count). The molecule has 0 atom stereocenters. The summed E-state index contributed by atoms with van der Waals surface area (Å²) in [6, 6.07) is 15.1. The van der Waals surface area contributed by atoms with Gasteiger partial charge >= 0.3 is 15.2 Å². The summed E-state index contributed by atoms with van der Waals surface area (Å²) in [6.07, 6.45) is 3.90. The smallest absolute Gasteiger partial charge is 0.309 e. The third kappa shape index (κ3) is 6.99. The maximum Gasteiger partial charge on any atom is 0.335 e. The Kier molecular flexibility index (Phi) is 12.7. The van der Waals surface area contributed by atoms with E-state index in [-0.39, 0.29) is 49.8 Å². The van der Waals surface area contributed by atoms with Gasteiger partial charge in [-0.15, -0.1) is 0 Å². The Morgan fingerprint density at radius 1 is 0.595 bits per heavy atom. The zero-order valence-electron chi connectivity index (χ0n) is 27.1. The topological polar surface area (TPSA) is 74.3 Å². The number of rotatable bonds is 18. The second-order valence-corrected chi connectivity index (χ2v) is 15.0. The number of nitrogens with zero attached hydrogens (tertiary/aromatic N) is 1. The summed E-state index contributed by atoms with van der Waals surface area (Å²) in [7, 11) is -6.90. The molecule has 7 nitrogen and oxygen atoms in total. The Bertz CT molecular complexity index is 1150. The molecular weight excluding hydrogens is 568 g/mol. The predicted octanol–water partition coefficient (Wildman–Crippen LogP) is 9.77. The van der Waals surface area contributed by atoms with Crippen LogP contribution in [0.15, 0.2) is 42.5 Å². The molecule has 0 saturated carbocycles. The van der Waals surface area contributed by atoms with Crippen molar-refractivity contribution in [2.75, 3.05) is 26.4 Å². The van der Waals surface area contributed by atoms with E-state index < -0.39 is 15.2 Å². The van der Waals surface area contributed by atoms with Crippen molar-refractivity contribution in [3.63, 3.8) is 0 Å². The van der Waals surface area contributed by atoms with Crippen molar-refractivity contribution in [3.8, 4) is 0 Å². The quantitative estimate of drug-likeness (QED) is 0.153. The fourth-order valence-electron chi connectivity index (χ4n) is 7.01. The van der Waals surface area contributed by atoms with Gasteiger partial charge in [0.1, 0.15) is 0 Å². The van der Waals surface area contributed by atoms with E-state index in [0.29, 0.717) is 0 Å². The van der Waals surface area contributed by atoms with E-state index in [1.54, 1.807) is 0 Å². The number of hydrogen-bond donors (Lipinski definition) is 0. The van der Waals surface area contributed by atoms with Crippen LogP contribution in [0.3, 0.4) is 0 Å². The van der Waals surface area contributed by atoms with Crippen molar-refractivity contribution in [3.05, 3.63) is 70.3 Å². The van der Waals surface area contributed by atoms with E-state index in [1.807, 2.05) is 27.7 Å². The van der Waals surface area contributed by atoms with Crippen LogP contribution >= 0.6 is 15.2 Å². The van der Waals surface area contributed by atoms with Gasteiger partial charge < -0.3 is 18.1 Å². The molecule has 0 amide bonds. The minimum Gasteiger partial charge on any atom is -0.309 e. The Balaban J connectivity index is 2.34. The van der Waals surface area contributed by atoms with Crippen LogP contribution in [0.1, 0.15) is 109 Å². The van der Waals surface area contributed by atoms with Gasteiger partial charge in [-0.3, -0.25) is 14.0 Å². The highest BCUT2D eigenvalue weighted by molar-refractivity contribution is 7.53. The molecule has 2 aromatic rings. The van der Waals surface area contributed by atoms with E-state index >= 15 is 0 Å². The first-order chi connectivity index (χ1) is 20.1. The molecule has 0 radical (unpaired) electrons. The first kappa shape index (κ1) is 35.2. The van der Waals surface area contributed by atoms with Gasteiger partial charge in [0, 0.05) is 17.6 Å². The van der Waals surface area contributed by atoms with E-state index in [9.17, 15) is 9.13 Å². The van der Waals surface area contributed by atoms with Crippen LogP contribution in [-0.2, 0) is 57.2 Å². The van der Waals surface area contributed by atoms with Gasteiger partial charge in [-0.05, 0) is 81.2 Å². The standard InChI is InChI=1S/C33H53NO6P2/c1-9-32(10-2)30-22-28(25-41(35,37-13-5)38-14-6)29(26-42(36,39-15-7)40-16-8)23-31(30)33(11-3,12-4)34(32)24-27-20-18-17-19-21-27/h17-23H,9-16,24-26H2,1-8H3. The molecule has 0 unspecified atom stereocenters. The van der Waals surface area contributed by atoms with Crippen molar-refractivity contribution in [2.45, 2.75) is 111 Å². The van der Waals surface area contributed by atoms with Gasteiger partial charge in [-0.2, -0.15) is 0 Å². The highest BCUT2D eigenvalue weighted by Gasteiger charge is 2.55. The molecule has 0 aromatic heterocycles. The van der Waals surface area contributed by atoms with Crippen molar-refractivity contribution in [2.24, 2.45) is 0 Å². The SMILES string of the molecule is CCOP(=O)(Cc1cc2c(cc1CP(=O)(OCC)OCC)C(CC)(CC)N(Cc1ccccc1)C2(CC)CC)OCC. The molecule has 1 aliphatic heterocycles. The van der Waals surface area contributed by atoms with Gasteiger partial charge in [0.25, 0.3) is 0 Å². The van der Waals surface area contributed by atoms with Crippen LogP contribution in [0.25, 0.3) is 0 Å². The normalized spacial score (nSPS) is 16.6. The largest absolute Gasteiger partial charge is 0.335 e. The maximum absolute atomic E-state index is 13.9. The van der Waals surface area contributed by atoms with Crippen LogP contribution in [0.4, 0.5) is 0 Å². The summed E-state index contributed by atoms with van der Waals surface area (Å²) < 4.78 is 50.8. The van der Waals surface area contributed by atoms with Gasteiger partial charge in [-0.1, -0.05) is 70.2 Å². The minimum atomic E-state index is -3.45. The van der Waals surface area contributed by atoms with Crippen molar-refractivity contribution < 1.29 is 27.2 Å². The van der Waals surface area contributed by atoms with Gasteiger partial charge in [0.15, 0.2) is 0 Å². The van der Waals surface area contributed by atoms with E-state index in [1.165, 1.54) is 16.7 Å². The molecule has 9 heteroatoms. The third-order valence-corrected chi connectivity index (χ3v) is 13.0. The molecule has 1 heterocycles. The van der Waals surface area contributed by atoms with Crippen LogP contribution in [0.2, 0.25) is 0 Å². The summed E-state index contributed by atoms with van der Waals surface area (Å²) in [6.45, 7) is 18.3. The van der Waals surface area contributed by atoms with Gasteiger partial charge in [0.05, 0.1) is 38.8 Å². The van der Waals surface area contributed by atoms with Crippen LogP contribution < -0.4 is 0 Å². The van der Waals surface area contributed by atoms with Crippen LogP contribution in [0, 0.1) is 0 Å². The fourth-order valence-corrected chi connectivity index (χ4v) is 10.5. The molecule has 2 aromatic carbocycles. The summed E-state index contributed by atoms with van der Waals surface area (Å²) >= 11 is 0. The molecule has 1 aliphatic rings. The highest BCUT2D eigenvalue weighted by Crippen LogP contribution is 2.60. The van der Waals surface area contributed by atoms with E-state index in [2.05, 4.69) is 75.1 Å². The molecule has 236 valence electrons. The Morgan fingerprint density at radius 2 is 0.952 bits per heavy atom. The molecule has 42 heavy (non-hydrogen) atoms. The highest BCUT2D eigenvalue weighted by atomic mass is 31.2. The molecule has 0 N–H and O–H groups in total. The third-order valence-electron chi connectivity index (χ3n) is 8.93. The molecule has 0 fully saturated rings. The number of fused-ring (bicyclic) bond motifs is 1. The Labute approximate surface area is 254 Å².